The van der Waals surface area contributed by atoms with Gasteiger partial charge < -0.3 is 10.2 Å². The third-order valence-electron chi connectivity index (χ3n) is 5.29. The van der Waals surface area contributed by atoms with Gasteiger partial charge in [-0.25, -0.2) is 0 Å². The average molecular weight is 365 g/mol. The highest BCUT2D eigenvalue weighted by molar-refractivity contribution is 5.95. The lowest BCUT2D eigenvalue weighted by atomic mass is 9.80. The Morgan fingerprint density at radius 1 is 1.04 bits per heavy atom. The monoisotopic (exact) mass is 365 g/mol. The van der Waals surface area contributed by atoms with Crippen LogP contribution in [0.4, 0.5) is 5.69 Å². The highest BCUT2D eigenvalue weighted by atomic mass is 16.2. The number of para-hydroxylation sites is 1. The van der Waals surface area contributed by atoms with E-state index in [9.17, 15) is 9.59 Å². The van der Waals surface area contributed by atoms with Crippen LogP contribution in [0.3, 0.4) is 0 Å². The van der Waals surface area contributed by atoms with Gasteiger partial charge >= 0.3 is 0 Å². The van der Waals surface area contributed by atoms with Crippen LogP contribution in [0.5, 0.6) is 0 Å². The Bertz CT molecular complexity index is 741. The summed E-state index contributed by atoms with van der Waals surface area (Å²) < 4.78 is 0. The van der Waals surface area contributed by atoms with Crippen LogP contribution >= 0.6 is 0 Å². The largest absolute Gasteiger partial charge is 0.352 e. The average Bonchev–Trinajstić information content (AvgIpc) is 2.74. The van der Waals surface area contributed by atoms with Gasteiger partial charge in [-0.15, -0.1) is 0 Å². The van der Waals surface area contributed by atoms with E-state index in [4.69, 9.17) is 0 Å². The number of pyridine rings is 1. The summed E-state index contributed by atoms with van der Waals surface area (Å²) in [5, 5.41) is 3.00. The maximum Gasteiger partial charge on any atom is 0.230 e. The zero-order valence-corrected chi connectivity index (χ0v) is 15.8. The number of nitrogens with one attached hydrogen (secondary N) is 1. The molecular weight excluding hydrogens is 338 g/mol. The Morgan fingerprint density at radius 2 is 1.74 bits per heavy atom. The first kappa shape index (κ1) is 19.1. The second kappa shape index (κ2) is 9.31. The van der Waals surface area contributed by atoms with E-state index in [1.165, 1.54) is 0 Å². The molecule has 1 aromatic heterocycles. The van der Waals surface area contributed by atoms with Crippen molar-refractivity contribution in [1.82, 2.24) is 10.3 Å². The molecule has 1 saturated carbocycles. The van der Waals surface area contributed by atoms with Crippen LogP contribution in [0.2, 0.25) is 0 Å². The van der Waals surface area contributed by atoms with Gasteiger partial charge in [0.2, 0.25) is 11.8 Å². The molecule has 1 heterocycles. The van der Waals surface area contributed by atoms with E-state index < -0.39 is 0 Å². The molecule has 0 bridgehead atoms. The van der Waals surface area contributed by atoms with E-state index >= 15 is 0 Å². The summed E-state index contributed by atoms with van der Waals surface area (Å²) in [6.45, 7) is 3.17. The van der Waals surface area contributed by atoms with Crippen LogP contribution in [0.15, 0.2) is 54.9 Å². The Morgan fingerprint density at radius 3 is 2.37 bits per heavy atom. The second-order valence-corrected chi connectivity index (χ2v) is 7.05. The molecule has 0 spiro atoms. The van der Waals surface area contributed by atoms with Crippen molar-refractivity contribution in [3.05, 3.63) is 60.4 Å². The topological polar surface area (TPSA) is 62.3 Å². The van der Waals surface area contributed by atoms with E-state index in [1.807, 2.05) is 54.3 Å². The zero-order chi connectivity index (χ0) is 19.1. The maximum absolute atomic E-state index is 12.9. The number of rotatable bonds is 6. The number of benzene rings is 1. The number of hydrogen-bond acceptors (Lipinski definition) is 3. The van der Waals surface area contributed by atoms with Crippen molar-refractivity contribution in [3.63, 3.8) is 0 Å². The minimum atomic E-state index is -0.00229. The van der Waals surface area contributed by atoms with Gasteiger partial charge in [0.15, 0.2) is 0 Å². The first-order chi connectivity index (χ1) is 13.2. The standard InChI is InChI=1S/C22H27N3O2/c1-2-25(20-8-4-3-5-9-20)22(27)19-12-10-18(11-13-19)21(26)24-16-17-7-6-14-23-15-17/h3-9,14-15,18-19H,2,10-13,16H2,1H3,(H,24,26). The van der Waals surface area contributed by atoms with Crippen molar-refractivity contribution in [2.24, 2.45) is 11.8 Å². The second-order valence-electron chi connectivity index (χ2n) is 7.05. The summed E-state index contributed by atoms with van der Waals surface area (Å²) in [7, 11) is 0. The van der Waals surface area contributed by atoms with Crippen molar-refractivity contribution < 1.29 is 9.59 Å². The lowest BCUT2D eigenvalue weighted by molar-refractivity contribution is -0.129. The van der Waals surface area contributed by atoms with Crippen molar-refractivity contribution in [3.8, 4) is 0 Å². The fourth-order valence-electron chi connectivity index (χ4n) is 3.73. The van der Waals surface area contributed by atoms with Crippen LogP contribution in [-0.4, -0.2) is 23.3 Å². The number of carbonyl (C=O) groups is 2. The molecule has 0 saturated heterocycles. The predicted molar refractivity (Wildman–Crippen MR) is 106 cm³/mol. The molecule has 27 heavy (non-hydrogen) atoms. The number of hydrogen-bond donors (Lipinski definition) is 1. The van der Waals surface area contributed by atoms with Gasteiger partial charge in [-0.2, -0.15) is 0 Å². The Labute approximate surface area is 160 Å². The van der Waals surface area contributed by atoms with Crippen LogP contribution in [0.1, 0.15) is 38.2 Å². The molecule has 0 aliphatic heterocycles. The van der Waals surface area contributed by atoms with Crippen LogP contribution < -0.4 is 10.2 Å². The summed E-state index contributed by atoms with van der Waals surface area (Å²) in [4.78, 5) is 31.3. The fraction of sp³-hybridized carbons (Fsp3) is 0.409. The zero-order valence-electron chi connectivity index (χ0n) is 15.8. The first-order valence-electron chi connectivity index (χ1n) is 9.72. The maximum atomic E-state index is 12.9. The highest BCUT2D eigenvalue weighted by Gasteiger charge is 2.32. The van der Waals surface area contributed by atoms with Gasteiger partial charge in [0.05, 0.1) is 0 Å². The molecule has 2 amide bonds. The van der Waals surface area contributed by atoms with Gasteiger partial charge in [-0.05, 0) is 56.4 Å². The third-order valence-corrected chi connectivity index (χ3v) is 5.29. The van der Waals surface area contributed by atoms with Crippen molar-refractivity contribution >= 4 is 17.5 Å². The fourth-order valence-corrected chi connectivity index (χ4v) is 3.73. The molecule has 5 nitrogen and oxygen atoms in total. The number of carbonyl (C=O) groups excluding carboxylic acids is 2. The van der Waals surface area contributed by atoms with Crippen LogP contribution in [0, 0.1) is 11.8 Å². The quantitative estimate of drug-likeness (QED) is 0.851. The lowest BCUT2D eigenvalue weighted by Crippen LogP contribution is -2.39. The third kappa shape index (κ3) is 4.94. The van der Waals surface area contributed by atoms with E-state index in [2.05, 4.69) is 10.3 Å². The van der Waals surface area contributed by atoms with E-state index in [0.717, 1.165) is 36.9 Å². The van der Waals surface area contributed by atoms with Gasteiger partial charge in [0.25, 0.3) is 0 Å². The molecular formula is C22H27N3O2. The number of aromatic nitrogens is 1. The predicted octanol–water partition coefficient (Wildman–Crippen LogP) is 3.56. The molecule has 5 heteroatoms. The van der Waals surface area contributed by atoms with Crippen molar-refractivity contribution in [1.29, 1.82) is 0 Å². The smallest absolute Gasteiger partial charge is 0.230 e. The van der Waals surface area contributed by atoms with Gasteiger partial charge in [0, 0.05) is 43.0 Å². The van der Waals surface area contributed by atoms with Gasteiger partial charge in [-0.3, -0.25) is 14.6 Å². The number of amides is 2. The minimum Gasteiger partial charge on any atom is -0.352 e. The molecule has 1 aliphatic rings. The Balaban J connectivity index is 1.50. The Hall–Kier alpha value is -2.69. The highest BCUT2D eigenvalue weighted by Crippen LogP contribution is 2.31. The minimum absolute atomic E-state index is 0.00229. The molecule has 0 atom stereocenters. The molecule has 2 aromatic rings. The SMILES string of the molecule is CCN(C(=O)C1CCC(C(=O)NCc2cccnc2)CC1)c1ccccc1. The number of nitrogens with zero attached hydrogens (tertiary/aromatic N) is 2. The number of anilines is 1. The summed E-state index contributed by atoms with van der Waals surface area (Å²) in [6.07, 6.45) is 6.56. The summed E-state index contributed by atoms with van der Waals surface area (Å²) in [5.74, 6) is 0.267. The summed E-state index contributed by atoms with van der Waals surface area (Å²) in [5.41, 5.74) is 1.94. The molecule has 142 valence electrons. The summed E-state index contributed by atoms with van der Waals surface area (Å²) in [6, 6.07) is 13.6. The normalized spacial score (nSPS) is 19.3. The summed E-state index contributed by atoms with van der Waals surface area (Å²) >= 11 is 0. The van der Waals surface area contributed by atoms with Crippen molar-refractivity contribution in [2.45, 2.75) is 39.2 Å². The Kier molecular flexibility index (Phi) is 6.58. The molecule has 3 rings (SSSR count). The van der Waals surface area contributed by atoms with E-state index in [0.29, 0.717) is 13.1 Å². The van der Waals surface area contributed by atoms with Crippen LogP contribution in [0.25, 0.3) is 0 Å². The van der Waals surface area contributed by atoms with Gasteiger partial charge in [0.1, 0.15) is 0 Å². The molecule has 1 N–H and O–H groups in total. The molecule has 1 fully saturated rings. The van der Waals surface area contributed by atoms with Crippen molar-refractivity contribution in [2.75, 3.05) is 11.4 Å². The lowest BCUT2D eigenvalue weighted by Gasteiger charge is -2.31. The van der Waals surface area contributed by atoms with Crippen LogP contribution in [-0.2, 0) is 16.1 Å². The molecule has 1 aromatic carbocycles. The molecule has 0 unspecified atom stereocenters. The molecule has 0 radical (unpaired) electrons. The van der Waals surface area contributed by atoms with E-state index in [1.54, 1.807) is 12.4 Å². The van der Waals surface area contributed by atoms with Gasteiger partial charge in [-0.1, -0.05) is 24.3 Å². The van der Waals surface area contributed by atoms with E-state index in [-0.39, 0.29) is 23.7 Å². The first-order valence-corrected chi connectivity index (χ1v) is 9.72. The molecule has 1 aliphatic carbocycles.